The van der Waals surface area contributed by atoms with Gasteiger partial charge in [0.2, 0.25) is 0 Å². The molecule has 1 aromatic rings. The lowest BCUT2D eigenvalue weighted by Gasteiger charge is -2.42. The van der Waals surface area contributed by atoms with Crippen molar-refractivity contribution in [2.75, 3.05) is 6.54 Å². The molecular weight excluding hydrogens is 356 g/mol. The summed E-state index contributed by atoms with van der Waals surface area (Å²) < 4.78 is 1.45. The van der Waals surface area contributed by atoms with Crippen molar-refractivity contribution in [3.8, 4) is 0 Å². The van der Waals surface area contributed by atoms with E-state index < -0.39 is 11.0 Å². The number of imidazole rings is 1. The fraction of sp³-hybridized carbons (Fsp3) is 0.833. The van der Waals surface area contributed by atoms with Crippen LogP contribution in [-0.4, -0.2) is 49.2 Å². The molecule has 8 heteroatoms. The molecule has 0 bridgehead atoms. The van der Waals surface area contributed by atoms with E-state index in [4.69, 9.17) is 0 Å². The topological polar surface area (TPSA) is 84.4 Å². The van der Waals surface area contributed by atoms with Crippen molar-refractivity contribution >= 4 is 18.4 Å². The van der Waals surface area contributed by atoms with E-state index >= 15 is 0 Å². The number of hydrogen-bond acceptors (Lipinski definition) is 5. The largest absolute Gasteiger partial charge is 0.434 e. The van der Waals surface area contributed by atoms with E-state index in [-0.39, 0.29) is 24.9 Å². The van der Waals surface area contributed by atoms with Crippen LogP contribution in [0.2, 0.25) is 0 Å². The number of aliphatic hydroxyl groups is 1. The molecule has 0 radical (unpaired) electrons. The minimum atomic E-state index is -0.614. The number of halogens is 1. The van der Waals surface area contributed by atoms with Gasteiger partial charge in [-0.1, -0.05) is 43.5 Å². The predicted molar refractivity (Wildman–Crippen MR) is 103 cm³/mol. The lowest BCUT2D eigenvalue weighted by molar-refractivity contribution is -0.397. The zero-order valence-electron chi connectivity index (χ0n) is 15.3. The van der Waals surface area contributed by atoms with Gasteiger partial charge in [0.1, 0.15) is 12.4 Å². The number of nitro groups is 1. The van der Waals surface area contributed by atoms with Crippen molar-refractivity contribution in [2.24, 2.45) is 0 Å². The fourth-order valence-corrected chi connectivity index (χ4v) is 4.57. The van der Waals surface area contributed by atoms with Gasteiger partial charge in [0.25, 0.3) is 0 Å². The van der Waals surface area contributed by atoms with Gasteiger partial charge < -0.3 is 15.2 Å². The second-order valence-electron chi connectivity index (χ2n) is 7.57. The van der Waals surface area contributed by atoms with Crippen LogP contribution in [0.5, 0.6) is 0 Å². The Bertz CT molecular complexity index is 538. The Morgan fingerprint density at radius 1 is 1.15 bits per heavy atom. The Hall–Kier alpha value is -1.18. The summed E-state index contributed by atoms with van der Waals surface area (Å²) in [5.74, 6) is -0.194. The maximum absolute atomic E-state index is 11.0. The van der Waals surface area contributed by atoms with Crippen LogP contribution in [0.4, 0.5) is 5.95 Å². The van der Waals surface area contributed by atoms with Crippen molar-refractivity contribution in [1.29, 1.82) is 0 Å². The lowest BCUT2D eigenvalue weighted by Crippen LogP contribution is -2.49. The van der Waals surface area contributed by atoms with Crippen molar-refractivity contribution in [3.63, 3.8) is 0 Å². The van der Waals surface area contributed by atoms with Gasteiger partial charge in [-0.25, -0.2) is 4.57 Å². The smallest absolute Gasteiger partial charge is 0.390 e. The van der Waals surface area contributed by atoms with Crippen LogP contribution in [0.3, 0.4) is 0 Å². The Labute approximate surface area is 161 Å². The molecule has 0 aliphatic heterocycles. The molecule has 148 valence electrons. The molecule has 1 heterocycles. The SMILES string of the molecule is Cl.O=[N+]([O-])c1nccn1CC(O)CN(C1CCCCC1)C1CCCCC1. The molecule has 7 nitrogen and oxygen atoms in total. The Morgan fingerprint density at radius 3 is 2.19 bits per heavy atom. The van der Waals surface area contributed by atoms with Gasteiger partial charge in [-0.05, 0) is 30.6 Å². The first-order chi connectivity index (χ1) is 12.1. The summed E-state index contributed by atoms with van der Waals surface area (Å²) in [7, 11) is 0. The molecule has 2 aliphatic rings. The Kier molecular flexibility index (Phi) is 8.31. The first-order valence-corrected chi connectivity index (χ1v) is 9.74. The van der Waals surface area contributed by atoms with Crippen LogP contribution in [0, 0.1) is 10.1 Å². The highest BCUT2D eigenvalue weighted by atomic mass is 35.5. The van der Waals surface area contributed by atoms with Crippen molar-refractivity contribution < 1.29 is 10.0 Å². The van der Waals surface area contributed by atoms with Gasteiger partial charge in [-0.3, -0.25) is 4.90 Å². The number of rotatable bonds is 7. The molecule has 1 N–H and O–H groups in total. The third kappa shape index (κ3) is 5.41. The standard InChI is InChI=1S/C18H30N4O3.ClH/c23-17(13-20-12-11-19-18(20)22(24)25)14-21(15-7-3-1-4-8-15)16-9-5-2-6-10-16;/h11-12,15-17,23H,1-10,13-14H2;1H. The van der Waals surface area contributed by atoms with Gasteiger partial charge >= 0.3 is 5.95 Å². The maximum atomic E-state index is 11.0. The summed E-state index contributed by atoms with van der Waals surface area (Å²) in [4.78, 5) is 16.8. The summed E-state index contributed by atoms with van der Waals surface area (Å²) in [6.45, 7) is 0.830. The molecule has 3 rings (SSSR count). The molecule has 1 atom stereocenters. The van der Waals surface area contributed by atoms with E-state index in [1.165, 1.54) is 75.0 Å². The number of aliphatic hydroxyl groups excluding tert-OH is 1. The molecule has 1 aromatic heterocycles. The summed E-state index contributed by atoms with van der Waals surface area (Å²) in [5.41, 5.74) is 0. The van der Waals surface area contributed by atoms with E-state index in [0.717, 1.165) is 0 Å². The molecule has 26 heavy (non-hydrogen) atoms. The second kappa shape index (κ2) is 10.2. The fourth-order valence-electron chi connectivity index (χ4n) is 4.57. The van der Waals surface area contributed by atoms with E-state index in [9.17, 15) is 15.2 Å². The van der Waals surface area contributed by atoms with Crippen molar-refractivity contribution in [3.05, 3.63) is 22.5 Å². The third-order valence-electron chi connectivity index (χ3n) is 5.77. The molecule has 1 unspecified atom stereocenters. The minimum absolute atomic E-state index is 0. The zero-order chi connectivity index (χ0) is 17.6. The normalized spacial score (nSPS) is 20.7. The highest BCUT2D eigenvalue weighted by Crippen LogP contribution is 2.30. The van der Waals surface area contributed by atoms with Crippen LogP contribution >= 0.6 is 12.4 Å². The van der Waals surface area contributed by atoms with E-state index in [2.05, 4.69) is 9.88 Å². The minimum Gasteiger partial charge on any atom is -0.390 e. The maximum Gasteiger partial charge on any atom is 0.434 e. The molecule has 0 spiro atoms. The quantitative estimate of drug-likeness (QED) is 0.572. The van der Waals surface area contributed by atoms with E-state index in [1.807, 2.05) is 0 Å². The first-order valence-electron chi connectivity index (χ1n) is 9.74. The molecular formula is C18H31ClN4O3. The van der Waals surface area contributed by atoms with Gasteiger partial charge in [0.05, 0.1) is 12.6 Å². The van der Waals surface area contributed by atoms with Crippen LogP contribution < -0.4 is 0 Å². The van der Waals surface area contributed by atoms with Crippen molar-refractivity contribution in [2.45, 2.75) is 88.9 Å². The van der Waals surface area contributed by atoms with Crippen LogP contribution in [0.25, 0.3) is 0 Å². The zero-order valence-corrected chi connectivity index (χ0v) is 16.1. The highest BCUT2D eigenvalue weighted by molar-refractivity contribution is 5.85. The van der Waals surface area contributed by atoms with Gasteiger partial charge in [-0.15, -0.1) is 12.4 Å². The van der Waals surface area contributed by atoms with Gasteiger partial charge in [-0.2, -0.15) is 0 Å². The molecule has 2 fully saturated rings. The van der Waals surface area contributed by atoms with Gasteiger partial charge in [0, 0.05) is 18.6 Å². The summed E-state index contributed by atoms with van der Waals surface area (Å²) in [6, 6.07) is 1.12. The van der Waals surface area contributed by atoms with Crippen LogP contribution in [0.1, 0.15) is 64.2 Å². The first kappa shape index (κ1) is 21.1. The number of hydrogen-bond donors (Lipinski definition) is 1. The van der Waals surface area contributed by atoms with E-state index in [0.29, 0.717) is 18.6 Å². The second-order valence-corrected chi connectivity index (χ2v) is 7.57. The predicted octanol–water partition coefficient (Wildman–Crippen LogP) is 3.54. The molecule has 0 aromatic carbocycles. The summed E-state index contributed by atoms with van der Waals surface area (Å²) in [6.07, 6.45) is 15.0. The van der Waals surface area contributed by atoms with Crippen LogP contribution in [-0.2, 0) is 6.54 Å². The van der Waals surface area contributed by atoms with E-state index in [1.54, 1.807) is 6.20 Å². The molecule has 0 amide bonds. The molecule has 0 saturated heterocycles. The Balaban J connectivity index is 0.00000243. The molecule has 2 saturated carbocycles. The number of aromatic nitrogens is 2. The monoisotopic (exact) mass is 386 g/mol. The average molecular weight is 387 g/mol. The highest BCUT2D eigenvalue weighted by Gasteiger charge is 2.31. The average Bonchev–Trinajstić information content (AvgIpc) is 3.09. The number of nitrogens with zero attached hydrogens (tertiary/aromatic N) is 4. The summed E-state index contributed by atoms with van der Waals surface area (Å²) >= 11 is 0. The van der Waals surface area contributed by atoms with Crippen molar-refractivity contribution in [1.82, 2.24) is 14.5 Å². The summed E-state index contributed by atoms with van der Waals surface area (Å²) in [5, 5.41) is 21.7. The molecule has 2 aliphatic carbocycles. The Morgan fingerprint density at radius 2 is 1.69 bits per heavy atom. The van der Waals surface area contributed by atoms with Gasteiger partial charge in [0.15, 0.2) is 0 Å². The lowest BCUT2D eigenvalue weighted by atomic mass is 9.88. The third-order valence-corrected chi connectivity index (χ3v) is 5.77. The van der Waals surface area contributed by atoms with Crippen LogP contribution in [0.15, 0.2) is 12.4 Å².